The Hall–Kier alpha value is -0.900. The third kappa shape index (κ3) is 3.35. The van der Waals surface area contributed by atoms with Crippen molar-refractivity contribution in [2.75, 3.05) is 0 Å². The fraction of sp³-hybridized carbons (Fsp3) is 0.867. The summed E-state index contributed by atoms with van der Waals surface area (Å²) in [5.74, 6) is 2.73. The molecule has 1 saturated carbocycles. The fourth-order valence-electron chi connectivity index (χ4n) is 2.81. The van der Waals surface area contributed by atoms with Gasteiger partial charge in [-0.1, -0.05) is 52.1 Å². The highest BCUT2D eigenvalue weighted by Gasteiger charge is 2.30. The minimum absolute atomic E-state index is 0.0533. The van der Waals surface area contributed by atoms with E-state index in [4.69, 9.17) is 10.3 Å². The van der Waals surface area contributed by atoms with Gasteiger partial charge in [-0.2, -0.15) is 4.98 Å². The molecule has 0 amide bonds. The molecule has 0 radical (unpaired) electrons. The van der Waals surface area contributed by atoms with E-state index in [9.17, 15) is 0 Å². The van der Waals surface area contributed by atoms with Crippen molar-refractivity contribution in [1.82, 2.24) is 10.1 Å². The standard InChI is InChI=1S/C15H27N3O/c1-5-10-7-6-8-11(9-10)13-17-14(19-18-13)12(16)15(2,3)4/h10-12H,5-9,16H2,1-4H3/t10?,11?,12-/m0/s1. The molecule has 0 aliphatic heterocycles. The van der Waals surface area contributed by atoms with Gasteiger partial charge in [-0.05, 0) is 24.2 Å². The predicted molar refractivity (Wildman–Crippen MR) is 75.7 cm³/mol. The normalized spacial score (nSPS) is 26.4. The highest BCUT2D eigenvalue weighted by Crippen LogP contribution is 2.37. The van der Waals surface area contributed by atoms with Crippen LogP contribution in [0.1, 0.15) is 83.5 Å². The van der Waals surface area contributed by atoms with Gasteiger partial charge >= 0.3 is 0 Å². The van der Waals surface area contributed by atoms with E-state index in [0.717, 1.165) is 11.7 Å². The van der Waals surface area contributed by atoms with Crippen LogP contribution in [0, 0.1) is 11.3 Å². The van der Waals surface area contributed by atoms with Gasteiger partial charge < -0.3 is 10.3 Å². The smallest absolute Gasteiger partial charge is 0.244 e. The first-order valence-corrected chi connectivity index (χ1v) is 7.51. The number of nitrogens with zero attached hydrogens (tertiary/aromatic N) is 2. The Morgan fingerprint density at radius 3 is 2.74 bits per heavy atom. The van der Waals surface area contributed by atoms with Gasteiger partial charge in [-0.25, -0.2) is 0 Å². The van der Waals surface area contributed by atoms with E-state index >= 15 is 0 Å². The molecule has 2 unspecified atom stereocenters. The summed E-state index contributed by atoms with van der Waals surface area (Å²) in [6, 6.07) is -0.195. The molecular weight excluding hydrogens is 238 g/mol. The molecule has 4 heteroatoms. The summed E-state index contributed by atoms with van der Waals surface area (Å²) in [6.07, 6.45) is 6.25. The number of aromatic nitrogens is 2. The summed E-state index contributed by atoms with van der Waals surface area (Å²) in [5.41, 5.74) is 6.12. The maximum atomic E-state index is 6.17. The zero-order chi connectivity index (χ0) is 14.0. The minimum Gasteiger partial charge on any atom is -0.338 e. The van der Waals surface area contributed by atoms with E-state index in [-0.39, 0.29) is 11.5 Å². The van der Waals surface area contributed by atoms with Crippen molar-refractivity contribution in [3.8, 4) is 0 Å². The molecule has 108 valence electrons. The predicted octanol–water partition coefficient (Wildman–Crippen LogP) is 3.80. The van der Waals surface area contributed by atoms with Crippen molar-refractivity contribution in [3.05, 3.63) is 11.7 Å². The SMILES string of the molecule is CCC1CCCC(c2noc([C@H](N)C(C)(C)C)n2)C1. The molecule has 3 atom stereocenters. The summed E-state index contributed by atoms with van der Waals surface area (Å²) in [7, 11) is 0. The molecule has 1 aromatic heterocycles. The van der Waals surface area contributed by atoms with Crippen LogP contribution in [0.4, 0.5) is 0 Å². The van der Waals surface area contributed by atoms with Gasteiger partial charge in [0.15, 0.2) is 5.82 Å². The Morgan fingerprint density at radius 2 is 2.11 bits per heavy atom. The van der Waals surface area contributed by atoms with E-state index in [1.54, 1.807) is 0 Å². The second-order valence-electron chi connectivity index (χ2n) is 6.97. The summed E-state index contributed by atoms with van der Waals surface area (Å²) in [4.78, 5) is 4.57. The fourth-order valence-corrected chi connectivity index (χ4v) is 2.81. The average molecular weight is 265 g/mol. The van der Waals surface area contributed by atoms with Crippen molar-refractivity contribution in [2.24, 2.45) is 17.1 Å². The molecule has 1 heterocycles. The van der Waals surface area contributed by atoms with Crippen LogP contribution >= 0.6 is 0 Å². The van der Waals surface area contributed by atoms with E-state index in [0.29, 0.717) is 11.8 Å². The van der Waals surface area contributed by atoms with Gasteiger partial charge in [-0.3, -0.25) is 0 Å². The third-order valence-electron chi connectivity index (χ3n) is 4.38. The number of hydrogen-bond acceptors (Lipinski definition) is 4. The number of nitrogens with two attached hydrogens (primary N) is 1. The molecule has 19 heavy (non-hydrogen) atoms. The zero-order valence-corrected chi connectivity index (χ0v) is 12.6. The Kier molecular flexibility index (Phi) is 4.29. The Morgan fingerprint density at radius 1 is 1.37 bits per heavy atom. The van der Waals surface area contributed by atoms with Crippen LogP contribution < -0.4 is 5.73 Å². The molecule has 1 aromatic rings. The second-order valence-corrected chi connectivity index (χ2v) is 6.97. The molecule has 2 N–H and O–H groups in total. The molecule has 0 spiro atoms. The summed E-state index contributed by atoms with van der Waals surface area (Å²) in [6.45, 7) is 8.55. The molecule has 0 saturated heterocycles. The van der Waals surface area contributed by atoms with E-state index in [2.05, 4.69) is 37.8 Å². The summed E-state index contributed by atoms with van der Waals surface area (Å²) < 4.78 is 5.39. The molecule has 0 aromatic carbocycles. The van der Waals surface area contributed by atoms with Crippen LogP contribution in [0.5, 0.6) is 0 Å². The number of hydrogen-bond donors (Lipinski definition) is 1. The Balaban J connectivity index is 2.08. The first-order chi connectivity index (χ1) is 8.91. The third-order valence-corrected chi connectivity index (χ3v) is 4.38. The second kappa shape index (κ2) is 5.61. The number of rotatable bonds is 3. The lowest BCUT2D eigenvalue weighted by molar-refractivity contribution is 0.250. The Labute approximate surface area is 116 Å². The van der Waals surface area contributed by atoms with Crippen LogP contribution in [-0.2, 0) is 0 Å². The maximum absolute atomic E-state index is 6.17. The van der Waals surface area contributed by atoms with Crippen molar-refractivity contribution >= 4 is 0 Å². The maximum Gasteiger partial charge on any atom is 0.244 e. The Bertz CT molecular complexity index is 408. The van der Waals surface area contributed by atoms with Crippen LogP contribution in [0.2, 0.25) is 0 Å². The van der Waals surface area contributed by atoms with Crippen molar-refractivity contribution in [1.29, 1.82) is 0 Å². The minimum atomic E-state index is -0.195. The lowest BCUT2D eigenvalue weighted by Gasteiger charge is -2.26. The average Bonchev–Trinajstić information content (AvgIpc) is 2.86. The van der Waals surface area contributed by atoms with Crippen molar-refractivity contribution < 1.29 is 4.52 Å². The highest BCUT2D eigenvalue weighted by atomic mass is 16.5. The summed E-state index contributed by atoms with van der Waals surface area (Å²) in [5, 5.41) is 4.18. The lowest BCUT2D eigenvalue weighted by atomic mass is 9.80. The van der Waals surface area contributed by atoms with Crippen LogP contribution in [0.15, 0.2) is 4.52 Å². The van der Waals surface area contributed by atoms with Gasteiger partial charge in [0.25, 0.3) is 0 Å². The van der Waals surface area contributed by atoms with E-state index in [1.807, 2.05) is 0 Å². The lowest BCUT2D eigenvalue weighted by Crippen LogP contribution is -2.26. The molecule has 1 aliphatic carbocycles. The largest absolute Gasteiger partial charge is 0.338 e. The van der Waals surface area contributed by atoms with Gasteiger partial charge in [0.2, 0.25) is 5.89 Å². The van der Waals surface area contributed by atoms with Crippen molar-refractivity contribution in [3.63, 3.8) is 0 Å². The van der Waals surface area contributed by atoms with Gasteiger partial charge in [0.05, 0.1) is 6.04 Å². The first-order valence-electron chi connectivity index (χ1n) is 7.51. The van der Waals surface area contributed by atoms with Crippen LogP contribution in [-0.4, -0.2) is 10.1 Å². The molecular formula is C15H27N3O. The molecule has 1 aliphatic rings. The molecule has 1 fully saturated rings. The molecule has 4 nitrogen and oxygen atoms in total. The summed E-state index contributed by atoms with van der Waals surface area (Å²) >= 11 is 0. The molecule has 0 bridgehead atoms. The van der Waals surface area contributed by atoms with E-state index < -0.39 is 0 Å². The van der Waals surface area contributed by atoms with Crippen LogP contribution in [0.3, 0.4) is 0 Å². The highest BCUT2D eigenvalue weighted by molar-refractivity contribution is 5.02. The van der Waals surface area contributed by atoms with Gasteiger partial charge in [0.1, 0.15) is 0 Å². The van der Waals surface area contributed by atoms with Gasteiger partial charge in [-0.15, -0.1) is 0 Å². The van der Waals surface area contributed by atoms with Crippen molar-refractivity contribution in [2.45, 2.75) is 71.8 Å². The zero-order valence-electron chi connectivity index (χ0n) is 12.6. The quantitative estimate of drug-likeness (QED) is 0.902. The van der Waals surface area contributed by atoms with Gasteiger partial charge in [0, 0.05) is 5.92 Å². The molecule has 2 rings (SSSR count). The monoisotopic (exact) mass is 265 g/mol. The first kappa shape index (κ1) is 14.5. The van der Waals surface area contributed by atoms with E-state index in [1.165, 1.54) is 32.1 Å². The topological polar surface area (TPSA) is 64.9 Å². The van der Waals surface area contributed by atoms with Crippen LogP contribution in [0.25, 0.3) is 0 Å².